The lowest BCUT2D eigenvalue weighted by Gasteiger charge is -2.07. The molecule has 0 aliphatic rings. The highest BCUT2D eigenvalue weighted by Crippen LogP contribution is 2.19. The highest BCUT2D eigenvalue weighted by atomic mass is 16.5. The van der Waals surface area contributed by atoms with E-state index in [1.807, 2.05) is 6.92 Å². The predicted octanol–water partition coefficient (Wildman–Crippen LogP) is 0.440. The van der Waals surface area contributed by atoms with Crippen LogP contribution in [0, 0.1) is 6.92 Å². The minimum Gasteiger partial charge on any atom is -0.481 e. The Bertz CT molecular complexity index is 257. The summed E-state index contributed by atoms with van der Waals surface area (Å²) < 4.78 is 5.03. The fourth-order valence-electron chi connectivity index (χ4n) is 0.966. The number of pyridine rings is 1. The molecule has 0 aromatic carbocycles. The minimum atomic E-state index is 0.390. The van der Waals surface area contributed by atoms with Crippen LogP contribution >= 0.6 is 0 Å². The molecule has 0 fully saturated rings. The number of anilines is 1. The summed E-state index contributed by atoms with van der Waals surface area (Å²) in [5.41, 5.74) is 13.4. The highest BCUT2D eigenvalue weighted by Gasteiger charge is 2.05. The molecular formula is C8H13N3O. The number of nitrogens with zero attached hydrogens (tertiary/aromatic N) is 1. The van der Waals surface area contributed by atoms with Gasteiger partial charge in [-0.25, -0.2) is 4.98 Å². The van der Waals surface area contributed by atoms with E-state index in [0.29, 0.717) is 18.1 Å². The number of methoxy groups -OCH3 is 1. The van der Waals surface area contributed by atoms with Gasteiger partial charge in [-0.2, -0.15) is 0 Å². The second-order valence-electron chi connectivity index (χ2n) is 2.54. The van der Waals surface area contributed by atoms with Crippen LogP contribution in [0.2, 0.25) is 0 Å². The maximum absolute atomic E-state index is 5.65. The summed E-state index contributed by atoms with van der Waals surface area (Å²) in [4.78, 5) is 4.13. The van der Waals surface area contributed by atoms with E-state index < -0.39 is 0 Å². The molecular weight excluding hydrogens is 154 g/mol. The van der Waals surface area contributed by atoms with Crippen molar-refractivity contribution in [3.8, 4) is 5.88 Å². The van der Waals surface area contributed by atoms with Crippen LogP contribution in [0.25, 0.3) is 0 Å². The number of ether oxygens (including phenoxy) is 1. The predicted molar refractivity (Wildman–Crippen MR) is 47.8 cm³/mol. The van der Waals surface area contributed by atoms with Crippen molar-refractivity contribution >= 4 is 5.69 Å². The Morgan fingerprint density at radius 3 is 2.75 bits per heavy atom. The number of nitrogens with two attached hydrogens (primary N) is 2. The topological polar surface area (TPSA) is 74.2 Å². The van der Waals surface area contributed by atoms with Gasteiger partial charge in [-0.15, -0.1) is 0 Å². The number of aryl methyl sites for hydroxylation is 1. The Morgan fingerprint density at radius 2 is 2.25 bits per heavy atom. The fraction of sp³-hybridized carbons (Fsp3) is 0.375. The molecule has 12 heavy (non-hydrogen) atoms. The maximum atomic E-state index is 5.65. The van der Waals surface area contributed by atoms with Gasteiger partial charge in [0.15, 0.2) is 0 Å². The Kier molecular flexibility index (Phi) is 2.50. The van der Waals surface area contributed by atoms with Crippen molar-refractivity contribution in [2.45, 2.75) is 13.5 Å². The number of rotatable bonds is 2. The van der Waals surface area contributed by atoms with Gasteiger partial charge in [0.1, 0.15) is 0 Å². The van der Waals surface area contributed by atoms with Crippen molar-refractivity contribution in [3.05, 3.63) is 17.3 Å². The number of aromatic nitrogens is 1. The average Bonchev–Trinajstić information content (AvgIpc) is 2.09. The van der Waals surface area contributed by atoms with Gasteiger partial charge >= 0.3 is 0 Å². The molecule has 0 spiro atoms. The third kappa shape index (κ3) is 1.48. The molecule has 4 nitrogen and oxygen atoms in total. The second kappa shape index (κ2) is 3.40. The summed E-state index contributed by atoms with van der Waals surface area (Å²) in [6.45, 7) is 2.22. The Balaban J connectivity index is 3.19. The zero-order valence-corrected chi connectivity index (χ0v) is 7.29. The average molecular weight is 167 g/mol. The largest absolute Gasteiger partial charge is 0.481 e. The summed E-state index contributed by atoms with van der Waals surface area (Å²) in [7, 11) is 1.57. The third-order valence-electron chi connectivity index (χ3n) is 1.70. The van der Waals surface area contributed by atoms with Gasteiger partial charge in [-0.3, -0.25) is 0 Å². The van der Waals surface area contributed by atoms with E-state index in [4.69, 9.17) is 16.2 Å². The summed E-state index contributed by atoms with van der Waals surface area (Å²) >= 11 is 0. The van der Waals surface area contributed by atoms with Crippen LogP contribution in [0.4, 0.5) is 5.69 Å². The van der Waals surface area contributed by atoms with Crippen molar-refractivity contribution < 1.29 is 4.74 Å². The standard InChI is InChI=1S/C8H13N3O/c1-5-7(10)3-6(4-9)8(11-5)12-2/h3H,4,9-10H2,1-2H3. The lowest BCUT2D eigenvalue weighted by molar-refractivity contribution is 0.392. The van der Waals surface area contributed by atoms with E-state index in [1.54, 1.807) is 13.2 Å². The molecule has 0 unspecified atom stereocenters. The molecule has 4 N–H and O–H groups in total. The number of nitrogen functional groups attached to an aromatic ring is 1. The van der Waals surface area contributed by atoms with E-state index in [2.05, 4.69) is 4.98 Å². The lowest BCUT2D eigenvalue weighted by atomic mass is 10.2. The van der Waals surface area contributed by atoms with Crippen molar-refractivity contribution in [2.24, 2.45) is 5.73 Å². The summed E-state index contributed by atoms with van der Waals surface area (Å²) in [5.74, 6) is 0.559. The summed E-state index contributed by atoms with van der Waals surface area (Å²) in [6, 6.07) is 1.79. The molecule has 0 saturated heterocycles. The first-order valence-corrected chi connectivity index (χ1v) is 3.69. The van der Waals surface area contributed by atoms with E-state index in [9.17, 15) is 0 Å². The van der Waals surface area contributed by atoms with Crippen molar-refractivity contribution in [2.75, 3.05) is 12.8 Å². The second-order valence-corrected chi connectivity index (χ2v) is 2.54. The van der Waals surface area contributed by atoms with Crippen LogP contribution in [0.3, 0.4) is 0 Å². The van der Waals surface area contributed by atoms with Crippen LogP contribution in [0.5, 0.6) is 5.88 Å². The SMILES string of the molecule is COc1nc(C)c(N)cc1CN. The first-order chi connectivity index (χ1) is 5.69. The zero-order chi connectivity index (χ0) is 9.14. The van der Waals surface area contributed by atoms with Crippen LogP contribution < -0.4 is 16.2 Å². The molecule has 4 heteroatoms. The molecule has 0 aliphatic carbocycles. The quantitative estimate of drug-likeness (QED) is 0.670. The molecule has 66 valence electrons. The normalized spacial score (nSPS) is 9.92. The molecule has 0 saturated carbocycles. The smallest absolute Gasteiger partial charge is 0.217 e. The lowest BCUT2D eigenvalue weighted by Crippen LogP contribution is -2.04. The van der Waals surface area contributed by atoms with Gasteiger partial charge in [0.2, 0.25) is 5.88 Å². The molecule has 1 rings (SSSR count). The molecule has 1 aromatic heterocycles. The molecule has 1 heterocycles. The minimum absolute atomic E-state index is 0.390. The first-order valence-electron chi connectivity index (χ1n) is 3.69. The van der Waals surface area contributed by atoms with Gasteiger partial charge in [0.25, 0.3) is 0 Å². The monoisotopic (exact) mass is 167 g/mol. The molecule has 0 bridgehead atoms. The summed E-state index contributed by atoms with van der Waals surface area (Å²) in [5, 5.41) is 0. The maximum Gasteiger partial charge on any atom is 0.217 e. The van der Waals surface area contributed by atoms with Crippen LogP contribution in [-0.2, 0) is 6.54 Å². The zero-order valence-electron chi connectivity index (χ0n) is 7.29. The van der Waals surface area contributed by atoms with Crippen LogP contribution in [0.15, 0.2) is 6.07 Å². The Hall–Kier alpha value is -1.29. The molecule has 0 radical (unpaired) electrons. The fourth-order valence-corrected chi connectivity index (χ4v) is 0.966. The van der Waals surface area contributed by atoms with Crippen molar-refractivity contribution in [1.29, 1.82) is 0 Å². The molecule has 0 aliphatic heterocycles. The van der Waals surface area contributed by atoms with Gasteiger partial charge in [0, 0.05) is 12.1 Å². The number of hydrogen-bond acceptors (Lipinski definition) is 4. The Morgan fingerprint density at radius 1 is 1.58 bits per heavy atom. The van der Waals surface area contributed by atoms with Crippen LogP contribution in [0.1, 0.15) is 11.3 Å². The third-order valence-corrected chi connectivity index (χ3v) is 1.70. The first kappa shape index (κ1) is 8.80. The van der Waals surface area contributed by atoms with Gasteiger partial charge in [0.05, 0.1) is 18.5 Å². The highest BCUT2D eigenvalue weighted by molar-refractivity contribution is 5.48. The van der Waals surface area contributed by atoms with E-state index >= 15 is 0 Å². The Labute approximate surface area is 71.5 Å². The van der Waals surface area contributed by atoms with E-state index in [-0.39, 0.29) is 0 Å². The van der Waals surface area contributed by atoms with Gasteiger partial charge in [-0.1, -0.05) is 0 Å². The van der Waals surface area contributed by atoms with Crippen molar-refractivity contribution in [1.82, 2.24) is 4.98 Å². The van der Waals surface area contributed by atoms with E-state index in [0.717, 1.165) is 11.3 Å². The van der Waals surface area contributed by atoms with Gasteiger partial charge < -0.3 is 16.2 Å². The van der Waals surface area contributed by atoms with E-state index in [1.165, 1.54) is 0 Å². The molecule has 1 aromatic rings. The van der Waals surface area contributed by atoms with Gasteiger partial charge in [-0.05, 0) is 13.0 Å². The molecule has 0 amide bonds. The molecule has 0 atom stereocenters. The van der Waals surface area contributed by atoms with Crippen LogP contribution in [-0.4, -0.2) is 12.1 Å². The van der Waals surface area contributed by atoms with Crippen molar-refractivity contribution in [3.63, 3.8) is 0 Å². The number of hydrogen-bond donors (Lipinski definition) is 2. The summed E-state index contributed by atoms with van der Waals surface area (Å²) in [6.07, 6.45) is 0.